The van der Waals surface area contributed by atoms with Gasteiger partial charge in [-0.1, -0.05) is 6.92 Å². The molecule has 132 valence electrons. The molecular weight excluding hydrogens is 338 g/mol. The van der Waals surface area contributed by atoms with Crippen molar-refractivity contribution in [3.05, 3.63) is 6.20 Å². The van der Waals surface area contributed by atoms with E-state index in [1.165, 1.54) is 0 Å². The van der Waals surface area contributed by atoms with E-state index in [1.807, 2.05) is 0 Å². The van der Waals surface area contributed by atoms with E-state index in [-0.39, 0.29) is 36.4 Å². The van der Waals surface area contributed by atoms with Crippen LogP contribution in [0.3, 0.4) is 0 Å². The van der Waals surface area contributed by atoms with Gasteiger partial charge < -0.3 is 15.8 Å². The van der Waals surface area contributed by atoms with Gasteiger partial charge in [0.05, 0.1) is 12.3 Å². The van der Waals surface area contributed by atoms with Crippen LogP contribution in [0.25, 0.3) is 0 Å². The lowest BCUT2D eigenvalue weighted by atomic mass is 9.83. The minimum atomic E-state index is 0. The Hall–Kier alpha value is -0.830. The van der Waals surface area contributed by atoms with Crippen LogP contribution in [0.1, 0.15) is 32.6 Å². The molecule has 2 rings (SSSR count). The van der Waals surface area contributed by atoms with Crippen molar-refractivity contribution in [3.63, 3.8) is 0 Å². The molecule has 4 N–H and O–H groups in total. The maximum atomic E-state index is 12.2. The van der Waals surface area contributed by atoms with E-state index >= 15 is 0 Å². The van der Waals surface area contributed by atoms with Crippen LogP contribution in [0.4, 0.5) is 0 Å². The van der Waals surface area contributed by atoms with E-state index in [9.17, 15) is 4.79 Å². The van der Waals surface area contributed by atoms with E-state index < -0.39 is 0 Å². The molecule has 23 heavy (non-hydrogen) atoms. The Labute approximate surface area is 147 Å². The van der Waals surface area contributed by atoms with Gasteiger partial charge in [0.25, 0.3) is 0 Å². The summed E-state index contributed by atoms with van der Waals surface area (Å²) >= 11 is 1.56. The second-order valence-electron chi connectivity index (χ2n) is 5.53. The molecule has 0 saturated heterocycles. The topological polar surface area (TPSA) is 106 Å². The number of amides is 1. The van der Waals surface area contributed by atoms with Gasteiger partial charge in [-0.3, -0.25) is 4.79 Å². The molecule has 1 saturated carbocycles. The molecule has 1 aromatic rings. The monoisotopic (exact) mass is 363 g/mol. The number of thioether (sulfide) groups is 1. The van der Waals surface area contributed by atoms with E-state index in [0.29, 0.717) is 13.2 Å². The Morgan fingerprint density at radius 2 is 2.39 bits per heavy atom. The zero-order chi connectivity index (χ0) is 15.8. The number of hydrogen-bond donors (Lipinski definition) is 3. The predicted octanol–water partition coefficient (Wildman–Crippen LogP) is 1.36. The first-order chi connectivity index (χ1) is 10.7. The molecule has 1 heterocycles. The van der Waals surface area contributed by atoms with Crippen LogP contribution in [0.5, 0.6) is 0 Å². The number of nitrogens with zero attached hydrogens (tertiary/aromatic N) is 2. The fourth-order valence-electron chi connectivity index (χ4n) is 2.59. The highest BCUT2D eigenvalue weighted by Gasteiger charge is 2.32. The van der Waals surface area contributed by atoms with Crippen LogP contribution in [0, 0.1) is 5.92 Å². The Morgan fingerprint density at radius 3 is 3.09 bits per heavy atom. The molecule has 0 aliphatic heterocycles. The van der Waals surface area contributed by atoms with Gasteiger partial charge in [0.15, 0.2) is 0 Å². The van der Waals surface area contributed by atoms with Crippen LogP contribution in [-0.4, -0.2) is 52.4 Å². The summed E-state index contributed by atoms with van der Waals surface area (Å²) in [5, 5.41) is 14.1. The molecule has 0 radical (unpaired) electrons. The summed E-state index contributed by atoms with van der Waals surface area (Å²) in [5.41, 5.74) is 6.08. The van der Waals surface area contributed by atoms with Gasteiger partial charge in [-0.15, -0.1) is 29.3 Å². The zero-order valence-corrected chi connectivity index (χ0v) is 15.0. The van der Waals surface area contributed by atoms with Crippen molar-refractivity contribution in [2.75, 3.05) is 18.9 Å². The molecule has 0 aromatic carbocycles. The number of aromatic amines is 1. The lowest BCUT2D eigenvalue weighted by Crippen LogP contribution is -2.46. The van der Waals surface area contributed by atoms with E-state index in [2.05, 4.69) is 27.7 Å². The summed E-state index contributed by atoms with van der Waals surface area (Å²) in [6.07, 6.45) is 5.07. The SMILES string of the molecule is CCCO[C@@H]1C[C@@H](C(=O)NCCSc2cn[nH]n2)CC[C@H]1N.Cl. The summed E-state index contributed by atoms with van der Waals surface area (Å²) in [5.74, 6) is 0.900. The smallest absolute Gasteiger partial charge is 0.223 e. The molecule has 3 atom stereocenters. The Balaban J connectivity index is 0.00000264. The highest BCUT2D eigenvalue weighted by Crippen LogP contribution is 2.26. The summed E-state index contributed by atoms with van der Waals surface area (Å²) < 4.78 is 5.77. The number of H-pyrrole nitrogens is 1. The Bertz CT molecular complexity index is 448. The van der Waals surface area contributed by atoms with Crippen LogP contribution in [-0.2, 0) is 9.53 Å². The first-order valence-corrected chi connectivity index (χ1v) is 8.82. The number of halogens is 1. The normalized spacial score (nSPS) is 24.0. The lowest BCUT2D eigenvalue weighted by Gasteiger charge is -2.33. The molecule has 0 unspecified atom stereocenters. The molecule has 1 aliphatic carbocycles. The van der Waals surface area contributed by atoms with Crippen molar-refractivity contribution in [1.82, 2.24) is 20.7 Å². The van der Waals surface area contributed by atoms with Gasteiger partial charge in [-0.25, -0.2) is 0 Å². The minimum absolute atomic E-state index is 0. The van der Waals surface area contributed by atoms with Gasteiger partial charge in [-0.05, 0) is 25.7 Å². The van der Waals surface area contributed by atoms with Crippen molar-refractivity contribution < 1.29 is 9.53 Å². The molecule has 0 bridgehead atoms. The number of nitrogens with one attached hydrogen (secondary N) is 2. The van der Waals surface area contributed by atoms with Gasteiger partial charge in [0.2, 0.25) is 5.91 Å². The summed E-state index contributed by atoms with van der Waals surface area (Å²) in [6, 6.07) is 0.0540. The molecule has 1 fully saturated rings. The highest BCUT2D eigenvalue weighted by molar-refractivity contribution is 7.99. The van der Waals surface area contributed by atoms with E-state index in [4.69, 9.17) is 10.5 Å². The average Bonchev–Trinajstić information content (AvgIpc) is 3.04. The predicted molar refractivity (Wildman–Crippen MR) is 92.7 cm³/mol. The molecule has 1 amide bonds. The van der Waals surface area contributed by atoms with Crippen molar-refractivity contribution in [2.24, 2.45) is 11.7 Å². The number of ether oxygens (including phenoxy) is 1. The quantitative estimate of drug-likeness (QED) is 0.475. The minimum Gasteiger partial charge on any atom is -0.377 e. The molecule has 0 spiro atoms. The van der Waals surface area contributed by atoms with Gasteiger partial charge in [0.1, 0.15) is 5.03 Å². The summed E-state index contributed by atoms with van der Waals surface area (Å²) in [6.45, 7) is 3.41. The maximum absolute atomic E-state index is 12.2. The number of aromatic nitrogens is 3. The number of nitrogens with two attached hydrogens (primary N) is 1. The number of hydrogen-bond acceptors (Lipinski definition) is 6. The summed E-state index contributed by atoms with van der Waals surface area (Å²) in [4.78, 5) is 12.2. The molecular formula is C14H26ClN5O2S. The van der Waals surface area contributed by atoms with E-state index in [0.717, 1.165) is 36.5 Å². The van der Waals surface area contributed by atoms with Crippen molar-refractivity contribution in [3.8, 4) is 0 Å². The van der Waals surface area contributed by atoms with Crippen molar-refractivity contribution in [2.45, 2.75) is 49.8 Å². The van der Waals surface area contributed by atoms with Crippen LogP contribution < -0.4 is 11.1 Å². The summed E-state index contributed by atoms with van der Waals surface area (Å²) in [7, 11) is 0. The third kappa shape index (κ3) is 6.66. The largest absolute Gasteiger partial charge is 0.377 e. The molecule has 9 heteroatoms. The average molecular weight is 364 g/mol. The Morgan fingerprint density at radius 1 is 1.57 bits per heavy atom. The van der Waals surface area contributed by atoms with Gasteiger partial charge >= 0.3 is 0 Å². The van der Waals surface area contributed by atoms with Gasteiger partial charge in [0, 0.05) is 30.9 Å². The first kappa shape index (κ1) is 20.2. The first-order valence-electron chi connectivity index (χ1n) is 7.84. The van der Waals surface area contributed by atoms with Gasteiger partial charge in [-0.2, -0.15) is 10.3 Å². The third-order valence-electron chi connectivity index (χ3n) is 3.79. The number of carbonyl (C=O) groups is 1. The fourth-order valence-corrected chi connectivity index (χ4v) is 3.23. The second-order valence-corrected chi connectivity index (χ2v) is 6.65. The van der Waals surface area contributed by atoms with E-state index in [1.54, 1.807) is 18.0 Å². The lowest BCUT2D eigenvalue weighted by molar-refractivity contribution is -0.128. The second kappa shape index (κ2) is 10.9. The van der Waals surface area contributed by atoms with Crippen molar-refractivity contribution >= 4 is 30.1 Å². The Kier molecular flexibility index (Phi) is 9.54. The molecule has 7 nitrogen and oxygen atoms in total. The maximum Gasteiger partial charge on any atom is 0.223 e. The standard InChI is InChI=1S/C14H25N5O2S.ClH/c1-2-6-21-12-8-10(3-4-11(12)15)14(20)16-5-7-22-13-9-17-19-18-13;/h9-12H,2-8,15H2,1H3,(H,16,20)(H,17,18,19);1H/t10-,11+,12+;/m0./s1. The molecule has 1 aliphatic rings. The van der Waals surface area contributed by atoms with Crippen LogP contribution >= 0.6 is 24.2 Å². The highest BCUT2D eigenvalue weighted by atomic mass is 35.5. The van der Waals surface area contributed by atoms with Crippen LogP contribution in [0.2, 0.25) is 0 Å². The van der Waals surface area contributed by atoms with Crippen molar-refractivity contribution in [1.29, 1.82) is 0 Å². The number of rotatable bonds is 8. The molecule has 1 aromatic heterocycles. The third-order valence-corrected chi connectivity index (χ3v) is 4.69. The number of carbonyl (C=O) groups excluding carboxylic acids is 1. The van der Waals surface area contributed by atoms with Crippen LogP contribution in [0.15, 0.2) is 11.2 Å². The zero-order valence-electron chi connectivity index (χ0n) is 13.4. The fraction of sp³-hybridized carbons (Fsp3) is 0.786.